The van der Waals surface area contributed by atoms with Crippen molar-refractivity contribution < 1.29 is 13.7 Å². The molecule has 2 rings (SSSR count). The molecule has 3 heteroatoms. The average molecular weight is 265 g/mol. The van der Waals surface area contributed by atoms with E-state index in [0.29, 0.717) is 9.37 Å². The minimum absolute atomic E-state index is 0.122. The Labute approximate surface area is 107 Å². The van der Waals surface area contributed by atoms with E-state index in [0.717, 1.165) is 0 Å². The molecular formula is C11H15BrN2. The van der Waals surface area contributed by atoms with Crippen molar-refractivity contribution in [3.63, 3.8) is 0 Å². The van der Waals surface area contributed by atoms with E-state index in [-0.39, 0.29) is 5.69 Å². The lowest BCUT2D eigenvalue weighted by molar-refractivity contribution is 0.501. The van der Waals surface area contributed by atoms with E-state index < -0.39 is 32.4 Å². The number of nitrogens with zero attached hydrogens (tertiary/aromatic N) is 1. The van der Waals surface area contributed by atoms with E-state index >= 15 is 0 Å². The number of hydrogen-bond donors (Lipinski definition) is 1. The molecule has 1 fully saturated rings. The molecule has 1 aromatic rings. The van der Waals surface area contributed by atoms with E-state index in [1.54, 1.807) is 5.32 Å². The zero-order valence-electron chi connectivity index (χ0n) is 17.1. The van der Waals surface area contributed by atoms with Crippen LogP contribution in [0, 0.1) is 0 Å². The number of piperazine rings is 1. The lowest BCUT2D eigenvalue weighted by Gasteiger charge is -2.35. The predicted octanol–water partition coefficient (Wildman–Crippen LogP) is 2.25. The third-order valence-corrected chi connectivity index (χ3v) is 2.25. The minimum atomic E-state index is -3.28. The Morgan fingerprint density at radius 1 is 1.64 bits per heavy atom. The second-order valence-electron chi connectivity index (χ2n) is 2.65. The third-order valence-electron chi connectivity index (χ3n) is 1.72. The van der Waals surface area contributed by atoms with Gasteiger partial charge in [-0.25, -0.2) is 0 Å². The van der Waals surface area contributed by atoms with Gasteiger partial charge in [0.05, 0.1) is 4.11 Å². The van der Waals surface area contributed by atoms with Gasteiger partial charge in [0.25, 0.3) is 0 Å². The van der Waals surface area contributed by atoms with Crippen LogP contribution in [0.5, 0.6) is 0 Å². The van der Waals surface area contributed by atoms with Crippen LogP contribution in [0.1, 0.15) is 20.6 Å². The molecule has 1 aliphatic heterocycles. The first-order chi connectivity index (χ1) is 10.6. The fraction of sp³-hybridized carbons (Fsp3) is 0.455. The Morgan fingerprint density at radius 3 is 3.14 bits per heavy atom. The Morgan fingerprint density at radius 2 is 2.43 bits per heavy atom. The molecule has 76 valence electrons. The van der Waals surface area contributed by atoms with Crippen molar-refractivity contribution in [1.29, 1.82) is 0 Å². The quantitative estimate of drug-likeness (QED) is 0.837. The fourth-order valence-corrected chi connectivity index (χ4v) is 1.33. The number of halogens is 1. The van der Waals surface area contributed by atoms with Gasteiger partial charge in [-0.2, -0.15) is 0 Å². The van der Waals surface area contributed by atoms with Crippen LogP contribution in [0.15, 0.2) is 28.7 Å². The van der Waals surface area contributed by atoms with Crippen molar-refractivity contribution in [3.05, 3.63) is 28.7 Å². The predicted molar refractivity (Wildman–Crippen MR) is 63.8 cm³/mol. The molecule has 0 saturated carbocycles. The van der Waals surface area contributed by atoms with Gasteiger partial charge < -0.3 is 10.2 Å². The van der Waals surface area contributed by atoms with Crippen LogP contribution in [0.4, 0.5) is 5.69 Å². The van der Waals surface area contributed by atoms with Crippen LogP contribution in [0.3, 0.4) is 0 Å². The molecule has 0 radical (unpaired) electrons. The van der Waals surface area contributed by atoms with E-state index in [2.05, 4.69) is 15.9 Å². The second kappa shape index (κ2) is 4.32. The standard InChI is InChI=1S/C11H15BrN2/c1-9-8-13-6-7-14(9)11-4-2-10(12)3-5-11/h2-5,9,13H,6-8H2,1H3/i1D3,6D2,7D2,8D2,9D. The molecule has 1 unspecified atom stereocenters. The maximum absolute atomic E-state index is 8.36. The number of hydrogen-bond acceptors (Lipinski definition) is 2. The molecule has 1 N–H and O–H groups in total. The van der Waals surface area contributed by atoms with E-state index in [1.165, 1.54) is 24.3 Å². The Balaban J connectivity index is 2.80. The van der Waals surface area contributed by atoms with Gasteiger partial charge in [0.1, 0.15) is 0 Å². The summed E-state index contributed by atoms with van der Waals surface area (Å²) in [6, 6.07) is 2.43. The highest BCUT2D eigenvalue weighted by Crippen LogP contribution is 2.20. The number of anilines is 1. The number of nitrogens with one attached hydrogen (secondary N) is 1. The first-order valence-electron chi connectivity index (χ1n) is 8.93. The molecule has 1 aliphatic rings. The topological polar surface area (TPSA) is 15.3 Å². The van der Waals surface area contributed by atoms with Crippen molar-refractivity contribution in [2.24, 2.45) is 0 Å². The number of benzene rings is 1. The molecule has 0 aliphatic carbocycles. The largest absolute Gasteiger partial charge is 0.366 e. The van der Waals surface area contributed by atoms with Crippen LogP contribution in [0.2, 0.25) is 0 Å². The fourth-order valence-electron chi connectivity index (χ4n) is 1.07. The Kier molecular flexibility index (Phi) is 1.08. The van der Waals surface area contributed by atoms with Gasteiger partial charge in [0.2, 0.25) is 0 Å². The summed E-state index contributed by atoms with van der Waals surface area (Å²) in [7, 11) is 0. The summed E-state index contributed by atoms with van der Waals surface area (Å²) in [5.41, 5.74) is -0.122. The van der Waals surface area contributed by atoms with Crippen LogP contribution < -0.4 is 10.2 Å². The first kappa shape index (κ1) is 3.49. The highest BCUT2D eigenvalue weighted by molar-refractivity contribution is 9.10. The zero-order chi connectivity index (χ0) is 18.8. The van der Waals surface area contributed by atoms with Gasteiger partial charge in [-0.1, -0.05) is 15.9 Å². The summed E-state index contributed by atoms with van der Waals surface area (Å²) < 4.78 is 79.6. The van der Waals surface area contributed by atoms with Gasteiger partial charge in [-0.15, -0.1) is 0 Å². The summed E-state index contributed by atoms with van der Waals surface area (Å²) >= 11 is 3.18. The summed E-state index contributed by atoms with van der Waals surface area (Å²) in [4.78, 5) is 0.357. The van der Waals surface area contributed by atoms with E-state index in [9.17, 15) is 0 Å². The minimum Gasteiger partial charge on any atom is -0.366 e. The maximum Gasteiger partial charge on any atom is 0.0540 e. The Hall–Kier alpha value is -0.540. The summed E-state index contributed by atoms with van der Waals surface area (Å²) in [6.45, 7) is -12.3. The summed E-state index contributed by atoms with van der Waals surface area (Å²) in [5.74, 6) is 0. The highest BCUT2D eigenvalue weighted by Gasteiger charge is 2.17. The molecule has 0 amide bonds. The SMILES string of the molecule is [2H]C([2H])([2H])C1([2H])N(c2ccc(Br)cc2)C([2H])([2H])C([2H])([2H])NC1([2H])[2H]. The van der Waals surface area contributed by atoms with Crippen molar-refractivity contribution in [3.8, 4) is 0 Å². The Bertz CT molecular complexity index is 629. The van der Waals surface area contributed by atoms with Crippen LogP contribution in [-0.2, 0) is 0 Å². The van der Waals surface area contributed by atoms with Crippen molar-refractivity contribution in [1.82, 2.24) is 5.32 Å². The van der Waals surface area contributed by atoms with Gasteiger partial charge >= 0.3 is 0 Å². The monoisotopic (exact) mass is 264 g/mol. The molecule has 1 aromatic carbocycles. The lowest BCUT2D eigenvalue weighted by Crippen LogP contribution is -2.49. The maximum atomic E-state index is 8.36. The summed E-state index contributed by atoms with van der Waals surface area (Å²) in [6.07, 6.45) is 0. The van der Waals surface area contributed by atoms with Crippen LogP contribution in [-0.4, -0.2) is 25.5 Å². The van der Waals surface area contributed by atoms with Crippen molar-refractivity contribution >= 4 is 21.6 Å². The normalized spacial score (nSPS) is 49.9. The molecule has 1 heterocycles. The third kappa shape index (κ3) is 2.10. The lowest BCUT2D eigenvalue weighted by atomic mass is 10.2. The number of rotatable bonds is 1. The van der Waals surface area contributed by atoms with Gasteiger partial charge in [-0.05, 0) is 31.1 Å². The smallest absolute Gasteiger partial charge is 0.0540 e. The second-order valence-corrected chi connectivity index (χ2v) is 3.56. The molecule has 14 heavy (non-hydrogen) atoms. The van der Waals surface area contributed by atoms with Gasteiger partial charge in [0.15, 0.2) is 0 Å². The van der Waals surface area contributed by atoms with Crippen LogP contribution >= 0.6 is 15.9 Å². The van der Waals surface area contributed by atoms with Gasteiger partial charge in [0, 0.05) is 45.3 Å². The average Bonchev–Trinajstić information content (AvgIpc) is 2.36. The molecule has 2 nitrogen and oxygen atoms in total. The van der Waals surface area contributed by atoms with Gasteiger partial charge in [-0.3, -0.25) is 0 Å². The molecule has 1 atom stereocenters. The zero-order valence-corrected chi connectivity index (χ0v) is 8.72. The van der Waals surface area contributed by atoms with Crippen LogP contribution in [0.25, 0.3) is 0 Å². The molecule has 0 bridgehead atoms. The van der Waals surface area contributed by atoms with E-state index in [4.69, 9.17) is 13.7 Å². The van der Waals surface area contributed by atoms with E-state index in [1.807, 2.05) is 0 Å². The molecule has 0 spiro atoms. The first-order valence-corrected chi connectivity index (χ1v) is 4.72. The summed E-state index contributed by atoms with van der Waals surface area (Å²) in [5, 5.41) is 1.72. The molecular weight excluding hydrogens is 240 g/mol. The molecule has 1 saturated heterocycles. The highest BCUT2D eigenvalue weighted by atomic mass is 79.9. The molecule has 0 aromatic heterocycles. The van der Waals surface area contributed by atoms with Crippen molar-refractivity contribution in [2.45, 2.75) is 12.9 Å². The van der Waals surface area contributed by atoms with Crippen molar-refractivity contribution in [2.75, 3.05) is 24.4 Å².